The number of hydrogen-bond donors (Lipinski definition) is 4. The van der Waals surface area contributed by atoms with Gasteiger partial charge in [0.1, 0.15) is 24.0 Å². The van der Waals surface area contributed by atoms with Gasteiger partial charge in [0.2, 0.25) is 5.78 Å². The van der Waals surface area contributed by atoms with Gasteiger partial charge in [-0.25, -0.2) is 4.98 Å². The molecule has 0 fully saturated rings. The molecule has 0 spiro atoms. The zero-order valence-electron chi connectivity index (χ0n) is 11.4. The number of fused-ring (bicyclic) bond motifs is 1. The van der Waals surface area contributed by atoms with Crippen molar-refractivity contribution in [2.24, 2.45) is 0 Å². The lowest BCUT2D eigenvalue weighted by molar-refractivity contribution is -0.0894. The summed E-state index contributed by atoms with van der Waals surface area (Å²) < 4.78 is 0. The van der Waals surface area contributed by atoms with E-state index in [0.29, 0.717) is 5.52 Å². The van der Waals surface area contributed by atoms with Gasteiger partial charge >= 0.3 is 0 Å². The Morgan fingerprint density at radius 3 is 2.33 bits per heavy atom. The van der Waals surface area contributed by atoms with Gasteiger partial charge in [0.15, 0.2) is 0 Å². The number of Topliss-reactive ketones (excluding diaryl/α,β-unsaturated/α-hetero) is 1. The number of hydrogen-bond acceptors (Lipinski definition) is 6. The molecule has 112 valence electrons. The number of ketones is 1. The largest absolute Gasteiger partial charge is 0.391 e. The fourth-order valence-electron chi connectivity index (χ4n) is 1.98. The van der Waals surface area contributed by atoms with Gasteiger partial charge in [-0.2, -0.15) is 0 Å². The quantitative estimate of drug-likeness (QED) is 0.572. The van der Waals surface area contributed by atoms with Crippen LogP contribution in [0.2, 0.25) is 0 Å². The van der Waals surface area contributed by atoms with E-state index in [1.807, 2.05) is 12.1 Å². The number of carbonyl (C=O) groups is 1. The van der Waals surface area contributed by atoms with Crippen molar-refractivity contribution in [3.8, 4) is 0 Å². The number of aromatic nitrogens is 1. The molecule has 2 rings (SSSR count). The Bertz CT molecular complexity index is 643. The monoisotopic (exact) mass is 291 g/mol. The summed E-state index contributed by atoms with van der Waals surface area (Å²) in [7, 11) is 0. The molecule has 0 saturated heterocycles. The van der Waals surface area contributed by atoms with Crippen LogP contribution in [-0.4, -0.2) is 55.6 Å². The first-order chi connectivity index (χ1) is 9.91. The van der Waals surface area contributed by atoms with E-state index in [4.69, 9.17) is 0 Å². The number of aliphatic hydroxyl groups excluding tert-OH is 4. The number of aliphatic hydroxyl groups is 4. The first-order valence-electron chi connectivity index (χ1n) is 6.54. The number of benzene rings is 1. The van der Waals surface area contributed by atoms with Gasteiger partial charge in [0.05, 0.1) is 11.6 Å². The van der Waals surface area contributed by atoms with Crippen LogP contribution in [0.3, 0.4) is 0 Å². The van der Waals surface area contributed by atoms with E-state index in [1.165, 1.54) is 13.0 Å². The Kier molecular flexibility index (Phi) is 4.64. The first kappa shape index (κ1) is 15.5. The Morgan fingerprint density at radius 2 is 1.67 bits per heavy atom. The second-order valence-electron chi connectivity index (χ2n) is 4.92. The highest BCUT2D eigenvalue weighted by molar-refractivity contribution is 5.99. The van der Waals surface area contributed by atoms with Gasteiger partial charge in [0, 0.05) is 5.39 Å². The molecule has 0 amide bonds. The molecule has 1 heterocycles. The van der Waals surface area contributed by atoms with Gasteiger partial charge in [-0.1, -0.05) is 24.3 Å². The third-order valence-electron chi connectivity index (χ3n) is 3.29. The van der Waals surface area contributed by atoms with E-state index in [9.17, 15) is 25.2 Å². The molecule has 4 atom stereocenters. The molecule has 0 radical (unpaired) electrons. The van der Waals surface area contributed by atoms with Crippen molar-refractivity contribution in [2.45, 2.75) is 31.3 Å². The molecule has 4 N–H and O–H groups in total. The van der Waals surface area contributed by atoms with Crippen LogP contribution in [-0.2, 0) is 0 Å². The predicted octanol–water partition coefficient (Wildman–Crippen LogP) is -0.119. The minimum absolute atomic E-state index is 0.0157. The summed E-state index contributed by atoms with van der Waals surface area (Å²) in [5, 5.41) is 39.0. The summed E-state index contributed by atoms with van der Waals surface area (Å²) in [6, 6.07) is 10.3. The van der Waals surface area contributed by atoms with Crippen molar-refractivity contribution < 1.29 is 25.2 Å². The summed E-state index contributed by atoms with van der Waals surface area (Å²) in [6.45, 7) is 1.25. The first-order valence-corrected chi connectivity index (χ1v) is 6.54. The maximum atomic E-state index is 12.1. The van der Waals surface area contributed by atoms with Crippen molar-refractivity contribution in [1.82, 2.24) is 4.98 Å². The van der Waals surface area contributed by atoms with Crippen molar-refractivity contribution in [1.29, 1.82) is 0 Å². The van der Waals surface area contributed by atoms with E-state index in [2.05, 4.69) is 4.98 Å². The van der Waals surface area contributed by atoms with Gasteiger partial charge in [0.25, 0.3) is 0 Å². The smallest absolute Gasteiger partial charge is 0.212 e. The summed E-state index contributed by atoms with van der Waals surface area (Å²) in [5.74, 6) is -0.812. The van der Waals surface area contributed by atoms with Crippen LogP contribution in [0, 0.1) is 0 Å². The molecule has 0 bridgehead atoms. The maximum absolute atomic E-state index is 12.1. The molecule has 0 aliphatic rings. The molecule has 21 heavy (non-hydrogen) atoms. The van der Waals surface area contributed by atoms with Crippen LogP contribution in [0.5, 0.6) is 0 Å². The third-order valence-corrected chi connectivity index (χ3v) is 3.29. The third kappa shape index (κ3) is 3.25. The number of para-hydroxylation sites is 1. The molecule has 0 unspecified atom stereocenters. The minimum atomic E-state index is -1.86. The maximum Gasteiger partial charge on any atom is 0.212 e. The molecule has 1 aromatic carbocycles. The topological polar surface area (TPSA) is 111 Å². The van der Waals surface area contributed by atoms with Gasteiger partial charge in [-0.05, 0) is 19.1 Å². The van der Waals surface area contributed by atoms with Crippen molar-refractivity contribution in [3.05, 3.63) is 42.1 Å². The second-order valence-corrected chi connectivity index (χ2v) is 4.92. The number of pyridine rings is 1. The van der Waals surface area contributed by atoms with Gasteiger partial charge in [-0.3, -0.25) is 4.79 Å². The minimum Gasteiger partial charge on any atom is -0.391 e. The van der Waals surface area contributed by atoms with Crippen LogP contribution in [0.4, 0.5) is 0 Å². The number of rotatable bonds is 5. The predicted molar refractivity (Wildman–Crippen MR) is 75.8 cm³/mol. The molecule has 0 aliphatic carbocycles. The Balaban J connectivity index is 2.25. The summed E-state index contributed by atoms with van der Waals surface area (Å²) in [5.41, 5.74) is 0.569. The lowest BCUT2D eigenvalue weighted by atomic mass is 9.99. The fraction of sp³-hybridized carbons (Fsp3) is 0.333. The SMILES string of the molecule is C[C@@H](O)[C@@H](O)[C@H](O)[C@@H](O)C(=O)c1ccc2ccccc2n1. The summed E-state index contributed by atoms with van der Waals surface area (Å²) in [6.07, 6.45) is -6.54. The van der Waals surface area contributed by atoms with Crippen LogP contribution in [0.25, 0.3) is 10.9 Å². The lowest BCUT2D eigenvalue weighted by Crippen LogP contribution is -2.46. The van der Waals surface area contributed by atoms with E-state index in [0.717, 1.165) is 5.39 Å². The highest BCUT2D eigenvalue weighted by Gasteiger charge is 2.33. The van der Waals surface area contributed by atoms with Crippen molar-refractivity contribution >= 4 is 16.7 Å². The second kappa shape index (κ2) is 6.28. The molecule has 1 aromatic heterocycles. The highest BCUT2D eigenvalue weighted by Crippen LogP contribution is 2.15. The molecule has 6 heteroatoms. The molecular weight excluding hydrogens is 274 g/mol. The number of carbonyl (C=O) groups excluding carboxylic acids is 1. The molecular formula is C15H17NO5. The van der Waals surface area contributed by atoms with E-state index >= 15 is 0 Å². The lowest BCUT2D eigenvalue weighted by Gasteiger charge is -2.23. The van der Waals surface area contributed by atoms with Gasteiger partial charge < -0.3 is 20.4 Å². The molecule has 0 aliphatic heterocycles. The van der Waals surface area contributed by atoms with E-state index in [1.54, 1.807) is 18.2 Å². The Hall–Kier alpha value is -1.86. The van der Waals surface area contributed by atoms with Crippen LogP contribution in [0.15, 0.2) is 36.4 Å². The average molecular weight is 291 g/mol. The van der Waals surface area contributed by atoms with E-state index < -0.39 is 30.2 Å². The van der Waals surface area contributed by atoms with Crippen LogP contribution < -0.4 is 0 Å². The average Bonchev–Trinajstić information content (AvgIpc) is 2.51. The van der Waals surface area contributed by atoms with E-state index in [-0.39, 0.29) is 5.69 Å². The fourth-order valence-corrected chi connectivity index (χ4v) is 1.98. The zero-order chi connectivity index (χ0) is 15.6. The van der Waals surface area contributed by atoms with Crippen LogP contribution >= 0.6 is 0 Å². The molecule has 6 nitrogen and oxygen atoms in total. The van der Waals surface area contributed by atoms with Crippen LogP contribution in [0.1, 0.15) is 17.4 Å². The summed E-state index contributed by atoms with van der Waals surface area (Å²) >= 11 is 0. The van der Waals surface area contributed by atoms with Crippen molar-refractivity contribution in [3.63, 3.8) is 0 Å². The summed E-state index contributed by atoms with van der Waals surface area (Å²) in [4.78, 5) is 16.2. The normalized spacial score (nSPS) is 17.2. The highest BCUT2D eigenvalue weighted by atomic mass is 16.4. The standard InChI is InChI=1S/C15H17NO5/c1-8(17)12(18)14(20)15(21)13(19)11-7-6-9-4-2-3-5-10(9)16-11/h2-8,12,14-15,17-18,20-21H,1H3/t8-,12-,14+,15+/m1/s1. The zero-order valence-corrected chi connectivity index (χ0v) is 11.4. The van der Waals surface area contributed by atoms with Crippen molar-refractivity contribution in [2.75, 3.05) is 0 Å². The Morgan fingerprint density at radius 1 is 1.00 bits per heavy atom. The molecule has 0 saturated carbocycles. The Labute approximate surface area is 121 Å². The molecule has 2 aromatic rings. The number of nitrogens with zero attached hydrogens (tertiary/aromatic N) is 1. The van der Waals surface area contributed by atoms with Gasteiger partial charge in [-0.15, -0.1) is 0 Å².